The minimum Gasteiger partial charge on any atom is -0.464 e. The summed E-state index contributed by atoms with van der Waals surface area (Å²) in [6.45, 7) is 0. The second-order valence-corrected chi connectivity index (χ2v) is 2.48. The van der Waals surface area contributed by atoms with Crippen LogP contribution in [0.3, 0.4) is 0 Å². The van der Waals surface area contributed by atoms with Crippen LogP contribution in [0.25, 0.3) is 11.3 Å². The lowest BCUT2D eigenvalue weighted by Crippen LogP contribution is -1.84. The molecule has 0 saturated heterocycles. The molecule has 0 aromatic carbocycles. The maximum absolute atomic E-state index is 8.76. The van der Waals surface area contributed by atoms with Gasteiger partial charge in [0.15, 0.2) is 0 Å². The second kappa shape index (κ2) is 2.72. The molecule has 0 aliphatic heterocycles. The van der Waals surface area contributed by atoms with E-state index in [1.165, 1.54) is 12.5 Å². The van der Waals surface area contributed by atoms with Gasteiger partial charge < -0.3 is 14.6 Å². The van der Waals surface area contributed by atoms with Crippen molar-refractivity contribution in [2.75, 3.05) is 5.73 Å². The molecule has 0 spiro atoms. The number of nitrogens with zero attached hydrogens (tertiary/aromatic N) is 1. The topological polar surface area (TPSA) is 76.1 Å². The summed E-state index contributed by atoms with van der Waals surface area (Å²) in [6.07, 6.45) is 2.94. The highest BCUT2D eigenvalue weighted by Crippen LogP contribution is 2.29. The average Bonchev–Trinajstić information content (AvgIpc) is 2.71. The van der Waals surface area contributed by atoms with Crippen LogP contribution in [0.1, 0.15) is 5.56 Å². The van der Waals surface area contributed by atoms with Crippen molar-refractivity contribution in [1.29, 1.82) is 5.26 Å². The van der Waals surface area contributed by atoms with Crippen LogP contribution < -0.4 is 5.73 Å². The van der Waals surface area contributed by atoms with Crippen LogP contribution >= 0.6 is 0 Å². The monoisotopic (exact) mass is 174 g/mol. The summed E-state index contributed by atoms with van der Waals surface area (Å²) in [5.74, 6) is 0.700. The zero-order valence-electron chi connectivity index (χ0n) is 6.65. The van der Waals surface area contributed by atoms with E-state index in [1.807, 2.05) is 6.07 Å². The van der Waals surface area contributed by atoms with Crippen molar-refractivity contribution in [1.82, 2.24) is 0 Å². The van der Waals surface area contributed by atoms with Crippen molar-refractivity contribution in [3.05, 3.63) is 30.2 Å². The molecule has 0 bridgehead atoms. The number of rotatable bonds is 1. The van der Waals surface area contributed by atoms with Gasteiger partial charge in [0.25, 0.3) is 0 Å². The highest BCUT2D eigenvalue weighted by Gasteiger charge is 2.13. The minimum absolute atomic E-state index is 0.119. The molecule has 2 heterocycles. The van der Waals surface area contributed by atoms with E-state index in [9.17, 15) is 0 Å². The van der Waals surface area contributed by atoms with Crippen LogP contribution in [-0.4, -0.2) is 0 Å². The van der Waals surface area contributed by atoms with Crippen LogP contribution in [0.15, 0.2) is 33.5 Å². The SMILES string of the molecule is N#Cc1c(-c2ccco2)coc1N. The summed E-state index contributed by atoms with van der Waals surface area (Å²) < 4.78 is 10.0. The summed E-state index contributed by atoms with van der Waals surface area (Å²) in [6, 6.07) is 5.43. The van der Waals surface area contributed by atoms with Crippen molar-refractivity contribution < 1.29 is 8.83 Å². The first-order valence-corrected chi connectivity index (χ1v) is 3.64. The van der Waals surface area contributed by atoms with E-state index in [0.717, 1.165) is 0 Å². The van der Waals surface area contributed by atoms with E-state index in [4.69, 9.17) is 19.8 Å². The molecule has 13 heavy (non-hydrogen) atoms. The predicted molar refractivity (Wildman–Crippen MR) is 45.5 cm³/mol. The lowest BCUT2D eigenvalue weighted by molar-refractivity contribution is 0.571. The van der Waals surface area contributed by atoms with Crippen LogP contribution in [0.5, 0.6) is 0 Å². The Morgan fingerprint density at radius 2 is 2.23 bits per heavy atom. The minimum atomic E-state index is 0.119. The fourth-order valence-electron chi connectivity index (χ4n) is 1.10. The Hall–Kier alpha value is -2.15. The highest BCUT2D eigenvalue weighted by molar-refractivity contribution is 5.70. The second-order valence-electron chi connectivity index (χ2n) is 2.48. The Labute approximate surface area is 74.2 Å². The summed E-state index contributed by atoms with van der Waals surface area (Å²) in [5.41, 5.74) is 6.33. The van der Waals surface area contributed by atoms with Crippen LogP contribution in [-0.2, 0) is 0 Å². The smallest absolute Gasteiger partial charge is 0.208 e. The molecule has 0 fully saturated rings. The van der Waals surface area contributed by atoms with Gasteiger partial charge in [-0.3, -0.25) is 0 Å². The third-order valence-electron chi connectivity index (χ3n) is 1.72. The van der Waals surface area contributed by atoms with Gasteiger partial charge in [-0.05, 0) is 12.1 Å². The largest absolute Gasteiger partial charge is 0.464 e. The third kappa shape index (κ3) is 1.07. The highest BCUT2D eigenvalue weighted by atomic mass is 16.3. The van der Waals surface area contributed by atoms with Crippen molar-refractivity contribution >= 4 is 5.88 Å². The fraction of sp³-hybridized carbons (Fsp3) is 0. The van der Waals surface area contributed by atoms with E-state index < -0.39 is 0 Å². The zero-order chi connectivity index (χ0) is 9.26. The van der Waals surface area contributed by atoms with Gasteiger partial charge in [-0.2, -0.15) is 5.26 Å². The molecular formula is C9H6N2O2. The van der Waals surface area contributed by atoms with Crippen LogP contribution in [0, 0.1) is 11.3 Å². The molecule has 0 radical (unpaired) electrons. The van der Waals surface area contributed by atoms with E-state index in [1.54, 1.807) is 12.1 Å². The van der Waals surface area contributed by atoms with E-state index in [-0.39, 0.29) is 5.88 Å². The number of nitrogens with two attached hydrogens (primary N) is 1. The summed E-state index contributed by atoms with van der Waals surface area (Å²) >= 11 is 0. The van der Waals surface area contributed by atoms with Gasteiger partial charge in [0.1, 0.15) is 23.7 Å². The van der Waals surface area contributed by atoms with Crippen molar-refractivity contribution in [3.8, 4) is 17.4 Å². The quantitative estimate of drug-likeness (QED) is 0.717. The van der Waals surface area contributed by atoms with Gasteiger partial charge in [-0.25, -0.2) is 0 Å². The first kappa shape index (κ1) is 7.50. The Balaban J connectivity index is 2.60. The Morgan fingerprint density at radius 1 is 1.38 bits per heavy atom. The van der Waals surface area contributed by atoms with Crippen LogP contribution in [0.4, 0.5) is 5.88 Å². The van der Waals surface area contributed by atoms with Gasteiger partial charge in [-0.1, -0.05) is 0 Å². The van der Waals surface area contributed by atoms with Gasteiger partial charge >= 0.3 is 0 Å². The number of hydrogen-bond acceptors (Lipinski definition) is 4. The Kier molecular flexibility index (Phi) is 1.57. The van der Waals surface area contributed by atoms with Gasteiger partial charge in [0, 0.05) is 0 Å². The molecule has 0 aliphatic carbocycles. The van der Waals surface area contributed by atoms with Crippen LogP contribution in [0.2, 0.25) is 0 Å². The number of anilines is 1. The third-order valence-corrected chi connectivity index (χ3v) is 1.72. The van der Waals surface area contributed by atoms with Gasteiger partial charge in [-0.15, -0.1) is 0 Å². The Morgan fingerprint density at radius 3 is 2.85 bits per heavy atom. The molecule has 2 aromatic rings. The molecule has 0 saturated carbocycles. The maximum atomic E-state index is 8.76. The predicted octanol–water partition coefficient (Wildman–Crippen LogP) is 1.99. The molecular weight excluding hydrogens is 168 g/mol. The summed E-state index contributed by atoms with van der Waals surface area (Å²) in [7, 11) is 0. The molecule has 4 heteroatoms. The number of hydrogen-bond donors (Lipinski definition) is 1. The maximum Gasteiger partial charge on any atom is 0.208 e. The van der Waals surface area contributed by atoms with E-state index in [2.05, 4.69) is 0 Å². The molecule has 4 nitrogen and oxygen atoms in total. The Bertz CT molecular complexity index is 448. The van der Waals surface area contributed by atoms with Crippen molar-refractivity contribution in [3.63, 3.8) is 0 Å². The van der Waals surface area contributed by atoms with E-state index in [0.29, 0.717) is 16.9 Å². The molecule has 0 amide bonds. The standard InChI is InChI=1S/C9H6N2O2/c10-4-6-7(5-13-9(6)11)8-2-1-3-12-8/h1-3,5H,11H2. The molecule has 0 aliphatic rings. The molecule has 2 aromatic heterocycles. The lowest BCUT2D eigenvalue weighted by atomic mass is 10.1. The molecule has 0 atom stereocenters. The lowest BCUT2D eigenvalue weighted by Gasteiger charge is -1.89. The number of furan rings is 2. The summed E-state index contributed by atoms with van der Waals surface area (Å²) in [5, 5.41) is 8.76. The summed E-state index contributed by atoms with van der Waals surface area (Å²) in [4.78, 5) is 0. The van der Waals surface area contributed by atoms with Gasteiger partial charge in [0.2, 0.25) is 5.88 Å². The van der Waals surface area contributed by atoms with Crippen molar-refractivity contribution in [2.24, 2.45) is 0 Å². The van der Waals surface area contributed by atoms with E-state index >= 15 is 0 Å². The first-order chi connectivity index (χ1) is 6.33. The molecule has 64 valence electrons. The molecule has 0 unspecified atom stereocenters. The van der Waals surface area contributed by atoms with Crippen molar-refractivity contribution in [2.45, 2.75) is 0 Å². The number of nitriles is 1. The molecule has 2 rings (SSSR count). The fourth-order valence-corrected chi connectivity index (χ4v) is 1.10. The molecule has 2 N–H and O–H groups in total. The normalized spacial score (nSPS) is 9.77. The van der Waals surface area contributed by atoms with Gasteiger partial charge in [0.05, 0.1) is 11.8 Å². The zero-order valence-corrected chi connectivity index (χ0v) is 6.65. The average molecular weight is 174 g/mol. The number of nitrogen functional groups attached to an aromatic ring is 1. The first-order valence-electron chi connectivity index (χ1n) is 3.64.